The molecule has 0 spiro atoms. The third kappa shape index (κ3) is 5.26. The molecule has 0 radical (unpaired) electrons. The maximum absolute atomic E-state index is 13.4. The van der Waals surface area contributed by atoms with Gasteiger partial charge in [-0.3, -0.25) is 14.4 Å². The van der Waals surface area contributed by atoms with Gasteiger partial charge in [-0.15, -0.1) is 0 Å². The molecule has 1 aliphatic carbocycles. The topological polar surface area (TPSA) is 107 Å². The quantitative estimate of drug-likeness (QED) is 0.369. The average Bonchev–Trinajstić information content (AvgIpc) is 3.63. The monoisotopic (exact) mass is 527 g/mol. The number of aromatic nitrogens is 2. The zero-order valence-corrected chi connectivity index (χ0v) is 21.2. The number of carbonyl (C=O) groups is 3. The first-order valence-electron chi connectivity index (χ1n) is 12.2. The summed E-state index contributed by atoms with van der Waals surface area (Å²) in [4.78, 5) is 47.9. The summed E-state index contributed by atoms with van der Waals surface area (Å²) in [6.45, 7) is 3.44. The van der Waals surface area contributed by atoms with Gasteiger partial charge in [0.2, 0.25) is 5.91 Å². The van der Waals surface area contributed by atoms with Crippen LogP contribution < -0.4 is 10.6 Å². The van der Waals surface area contributed by atoms with Crippen LogP contribution in [0, 0.1) is 5.92 Å². The van der Waals surface area contributed by atoms with Gasteiger partial charge in [-0.05, 0) is 57.0 Å². The second-order valence-corrected chi connectivity index (χ2v) is 10.2. The molecule has 3 aromatic rings. The summed E-state index contributed by atoms with van der Waals surface area (Å²) in [7, 11) is 0. The van der Waals surface area contributed by atoms with E-state index in [4.69, 9.17) is 23.2 Å². The van der Waals surface area contributed by atoms with Crippen molar-refractivity contribution < 1.29 is 14.4 Å². The molecule has 1 aromatic carbocycles. The average molecular weight is 528 g/mol. The molecule has 3 heterocycles. The predicted molar refractivity (Wildman–Crippen MR) is 140 cm³/mol. The van der Waals surface area contributed by atoms with Crippen molar-refractivity contribution in [3.05, 3.63) is 57.3 Å². The Balaban J connectivity index is 1.32. The minimum absolute atomic E-state index is 0.0243. The van der Waals surface area contributed by atoms with Crippen molar-refractivity contribution in [2.45, 2.75) is 32.1 Å². The Morgan fingerprint density at radius 3 is 2.50 bits per heavy atom. The molecule has 1 aliphatic heterocycles. The molecule has 3 N–H and O–H groups in total. The lowest BCUT2D eigenvalue weighted by molar-refractivity contribution is -0.117. The van der Waals surface area contributed by atoms with Crippen LogP contribution in [0.5, 0.6) is 0 Å². The Bertz CT molecular complexity index is 1310. The van der Waals surface area contributed by atoms with Crippen LogP contribution in [-0.4, -0.2) is 58.6 Å². The number of aromatic amines is 1. The largest absolute Gasteiger partial charge is 0.357 e. The van der Waals surface area contributed by atoms with E-state index in [9.17, 15) is 14.4 Å². The van der Waals surface area contributed by atoms with E-state index in [1.807, 2.05) is 0 Å². The molecule has 2 aromatic heterocycles. The van der Waals surface area contributed by atoms with E-state index in [2.05, 4.69) is 25.5 Å². The van der Waals surface area contributed by atoms with E-state index < -0.39 is 0 Å². The Morgan fingerprint density at radius 1 is 1.08 bits per heavy atom. The fourth-order valence-electron chi connectivity index (χ4n) is 4.57. The number of halogens is 2. The highest BCUT2D eigenvalue weighted by molar-refractivity contribution is 6.42. The van der Waals surface area contributed by atoms with Gasteiger partial charge in [0.05, 0.1) is 21.1 Å². The maximum atomic E-state index is 13.4. The van der Waals surface area contributed by atoms with Gasteiger partial charge >= 0.3 is 0 Å². The summed E-state index contributed by atoms with van der Waals surface area (Å²) < 4.78 is 0. The lowest BCUT2D eigenvalue weighted by atomic mass is 10.0. The van der Waals surface area contributed by atoms with Gasteiger partial charge in [0, 0.05) is 47.9 Å². The van der Waals surface area contributed by atoms with Crippen molar-refractivity contribution in [3.8, 4) is 0 Å². The highest BCUT2D eigenvalue weighted by atomic mass is 35.5. The minimum atomic E-state index is -0.390. The number of anilines is 1. The Kier molecular flexibility index (Phi) is 7.27. The van der Waals surface area contributed by atoms with E-state index in [1.54, 1.807) is 12.3 Å². The van der Waals surface area contributed by atoms with Crippen LogP contribution in [-0.2, 0) is 4.79 Å². The van der Waals surface area contributed by atoms with Gasteiger partial charge in [-0.2, -0.15) is 0 Å². The second kappa shape index (κ2) is 10.6. The standard InChI is InChI=1S/C26H27Cl2N5O3/c27-19-12-16(25(35)30-8-11-33-9-2-1-3-10-33)13-20(28)21(19)23(34)18-14-31-22-17(18)6-7-29-24(22)32-26(36)15-4-5-15/h6-7,12-15,31H,1-5,8-11H2,(H,30,35)(H,29,32,36). The molecule has 0 atom stereocenters. The normalized spacial score (nSPS) is 16.2. The smallest absolute Gasteiger partial charge is 0.251 e. The van der Waals surface area contributed by atoms with Crippen molar-refractivity contribution in [1.29, 1.82) is 0 Å². The van der Waals surface area contributed by atoms with Gasteiger partial charge in [0.15, 0.2) is 11.6 Å². The number of pyridine rings is 1. The third-order valence-corrected chi connectivity index (χ3v) is 7.33. The lowest BCUT2D eigenvalue weighted by Crippen LogP contribution is -2.37. The number of hydrogen-bond acceptors (Lipinski definition) is 5. The van der Waals surface area contributed by atoms with Gasteiger partial charge in [0.25, 0.3) is 5.91 Å². The van der Waals surface area contributed by atoms with Gasteiger partial charge in [-0.1, -0.05) is 29.6 Å². The van der Waals surface area contributed by atoms with Crippen LogP contribution in [0.2, 0.25) is 10.0 Å². The molecule has 2 aliphatic rings. The van der Waals surface area contributed by atoms with Gasteiger partial charge in [0.1, 0.15) is 0 Å². The first-order valence-corrected chi connectivity index (χ1v) is 13.0. The molecule has 2 fully saturated rings. The van der Waals surface area contributed by atoms with Crippen molar-refractivity contribution in [1.82, 2.24) is 20.2 Å². The number of amides is 2. The van der Waals surface area contributed by atoms with Crippen LogP contribution in [0.4, 0.5) is 5.82 Å². The molecule has 1 saturated heterocycles. The zero-order chi connectivity index (χ0) is 25.2. The molecule has 0 unspecified atom stereocenters. The number of H-pyrrole nitrogens is 1. The summed E-state index contributed by atoms with van der Waals surface area (Å²) >= 11 is 12.9. The number of nitrogens with zero attached hydrogens (tertiary/aromatic N) is 2. The second-order valence-electron chi connectivity index (χ2n) is 9.35. The number of piperidine rings is 1. The van der Waals surface area contributed by atoms with E-state index in [1.165, 1.54) is 37.6 Å². The molecule has 10 heteroatoms. The lowest BCUT2D eigenvalue weighted by Gasteiger charge is -2.26. The van der Waals surface area contributed by atoms with Gasteiger partial charge < -0.3 is 20.5 Å². The Labute approximate surface area is 218 Å². The first-order chi connectivity index (χ1) is 17.4. The fourth-order valence-corrected chi connectivity index (χ4v) is 5.23. The highest BCUT2D eigenvalue weighted by Gasteiger charge is 2.30. The molecule has 1 saturated carbocycles. The molecule has 2 amide bonds. The van der Waals surface area contributed by atoms with Crippen molar-refractivity contribution in [2.24, 2.45) is 5.92 Å². The van der Waals surface area contributed by atoms with E-state index >= 15 is 0 Å². The summed E-state index contributed by atoms with van der Waals surface area (Å²) in [5.41, 5.74) is 1.31. The Morgan fingerprint density at radius 2 is 1.81 bits per heavy atom. The number of likely N-dealkylation sites (tertiary alicyclic amines) is 1. The highest BCUT2D eigenvalue weighted by Crippen LogP contribution is 2.34. The first kappa shape index (κ1) is 24.7. The maximum Gasteiger partial charge on any atom is 0.251 e. The van der Waals surface area contributed by atoms with E-state index in [-0.39, 0.29) is 39.1 Å². The van der Waals surface area contributed by atoms with E-state index in [0.717, 1.165) is 32.5 Å². The van der Waals surface area contributed by atoms with Crippen LogP contribution in [0.15, 0.2) is 30.6 Å². The fraction of sp³-hybridized carbons (Fsp3) is 0.385. The predicted octanol–water partition coefficient (Wildman–Crippen LogP) is 4.66. The molecular formula is C26H27Cl2N5O3. The molecule has 36 heavy (non-hydrogen) atoms. The number of hydrogen-bond donors (Lipinski definition) is 3. The van der Waals surface area contributed by atoms with Crippen molar-refractivity contribution in [3.63, 3.8) is 0 Å². The van der Waals surface area contributed by atoms with Gasteiger partial charge in [-0.25, -0.2) is 4.98 Å². The molecule has 188 valence electrons. The number of nitrogens with one attached hydrogen (secondary N) is 3. The summed E-state index contributed by atoms with van der Waals surface area (Å²) in [6, 6.07) is 4.63. The van der Waals surface area contributed by atoms with Crippen LogP contribution in [0.1, 0.15) is 58.4 Å². The molecule has 8 nitrogen and oxygen atoms in total. The number of fused-ring (bicyclic) bond motifs is 1. The molecular weight excluding hydrogens is 501 g/mol. The number of ketones is 1. The SMILES string of the molecule is O=C(NCCN1CCCCC1)c1cc(Cl)c(C(=O)c2c[nH]c3c(NC(=O)C4CC4)nccc23)c(Cl)c1. The van der Waals surface area contributed by atoms with Crippen molar-refractivity contribution in [2.75, 3.05) is 31.5 Å². The number of benzene rings is 1. The molecule has 5 rings (SSSR count). The summed E-state index contributed by atoms with van der Waals surface area (Å²) in [5, 5.41) is 6.52. The van der Waals surface area contributed by atoms with E-state index in [0.29, 0.717) is 34.4 Å². The van der Waals surface area contributed by atoms with Crippen molar-refractivity contribution >= 4 is 57.5 Å². The number of rotatable bonds is 8. The van der Waals surface area contributed by atoms with Crippen LogP contribution in [0.25, 0.3) is 10.9 Å². The Hall–Kier alpha value is -2.94. The number of carbonyl (C=O) groups excluding carboxylic acids is 3. The van der Waals surface area contributed by atoms with Crippen LogP contribution in [0.3, 0.4) is 0 Å². The third-order valence-electron chi connectivity index (χ3n) is 6.73. The minimum Gasteiger partial charge on any atom is -0.357 e. The van der Waals surface area contributed by atoms with Crippen LogP contribution >= 0.6 is 23.2 Å². The molecule has 0 bridgehead atoms. The zero-order valence-electron chi connectivity index (χ0n) is 19.7. The summed E-state index contributed by atoms with van der Waals surface area (Å²) in [5.74, 6) is -0.357. The summed E-state index contributed by atoms with van der Waals surface area (Å²) in [6.07, 6.45) is 8.49.